The monoisotopic (exact) mass is 284 g/mol. The third kappa shape index (κ3) is 2.73. The number of ether oxygens (including phenoxy) is 1. The van der Waals surface area contributed by atoms with Gasteiger partial charge >= 0.3 is 0 Å². The standard InChI is InChI=1S/C12H16N2O6/c1-6-2-3-7(14(18)19)4-8(6)13-12-11(17)10(16)9(5-15)20-12/h2-4,9-13,15-17H,5H2,1H3/t9-,10+,11-,12-/m0/s1. The Kier molecular flexibility index (Phi) is 4.19. The van der Waals surface area contributed by atoms with Crippen molar-refractivity contribution in [3.63, 3.8) is 0 Å². The smallest absolute Gasteiger partial charge is 0.271 e. The third-order valence-corrected chi connectivity index (χ3v) is 3.27. The molecule has 0 bridgehead atoms. The second-order valence-electron chi connectivity index (χ2n) is 4.66. The minimum atomic E-state index is -1.23. The first-order valence-electron chi connectivity index (χ1n) is 6.08. The molecule has 1 aliphatic rings. The van der Waals surface area contributed by atoms with E-state index in [0.717, 1.165) is 5.56 Å². The van der Waals surface area contributed by atoms with Crippen molar-refractivity contribution in [2.45, 2.75) is 31.5 Å². The van der Waals surface area contributed by atoms with Crippen LogP contribution in [0.2, 0.25) is 0 Å². The number of nitrogens with one attached hydrogen (secondary N) is 1. The van der Waals surface area contributed by atoms with Gasteiger partial charge in [-0.05, 0) is 12.5 Å². The van der Waals surface area contributed by atoms with Gasteiger partial charge in [-0.3, -0.25) is 10.1 Å². The van der Waals surface area contributed by atoms with Gasteiger partial charge in [-0.1, -0.05) is 6.07 Å². The fourth-order valence-electron chi connectivity index (χ4n) is 2.05. The molecule has 0 aromatic heterocycles. The van der Waals surface area contributed by atoms with Gasteiger partial charge < -0.3 is 25.4 Å². The van der Waals surface area contributed by atoms with Crippen LogP contribution in [0.25, 0.3) is 0 Å². The van der Waals surface area contributed by atoms with Crippen LogP contribution >= 0.6 is 0 Å². The molecular formula is C12H16N2O6. The van der Waals surface area contributed by atoms with Gasteiger partial charge in [0.15, 0.2) is 6.23 Å². The molecule has 0 radical (unpaired) electrons. The summed E-state index contributed by atoms with van der Waals surface area (Å²) in [6, 6.07) is 4.27. The van der Waals surface area contributed by atoms with Crippen LogP contribution in [0.5, 0.6) is 0 Å². The lowest BCUT2D eigenvalue weighted by Crippen LogP contribution is -2.36. The molecule has 1 aromatic carbocycles. The van der Waals surface area contributed by atoms with Crippen molar-refractivity contribution in [1.82, 2.24) is 0 Å². The molecule has 0 aliphatic carbocycles. The first-order valence-corrected chi connectivity index (χ1v) is 6.08. The summed E-state index contributed by atoms with van der Waals surface area (Å²) in [5, 5.41) is 42.0. The number of rotatable bonds is 4. The summed E-state index contributed by atoms with van der Waals surface area (Å²) in [5.74, 6) is 0. The van der Waals surface area contributed by atoms with E-state index in [1.54, 1.807) is 13.0 Å². The fourth-order valence-corrected chi connectivity index (χ4v) is 2.05. The van der Waals surface area contributed by atoms with E-state index in [2.05, 4.69) is 5.32 Å². The van der Waals surface area contributed by atoms with Crippen LogP contribution in [0.1, 0.15) is 5.56 Å². The van der Waals surface area contributed by atoms with Gasteiger partial charge in [-0.25, -0.2) is 0 Å². The predicted octanol–water partition coefficient (Wildman–Crippen LogP) is -0.246. The van der Waals surface area contributed by atoms with E-state index >= 15 is 0 Å². The number of benzene rings is 1. The molecule has 2 rings (SSSR count). The second-order valence-corrected chi connectivity index (χ2v) is 4.66. The Morgan fingerprint density at radius 1 is 1.40 bits per heavy atom. The number of non-ortho nitro benzene ring substituents is 1. The van der Waals surface area contributed by atoms with Crippen LogP contribution in [0.4, 0.5) is 11.4 Å². The largest absolute Gasteiger partial charge is 0.394 e. The molecule has 0 saturated carbocycles. The molecular weight excluding hydrogens is 268 g/mol. The van der Waals surface area contributed by atoms with Gasteiger partial charge in [-0.15, -0.1) is 0 Å². The highest BCUT2D eigenvalue weighted by atomic mass is 16.6. The van der Waals surface area contributed by atoms with Crippen molar-refractivity contribution in [3.05, 3.63) is 33.9 Å². The highest BCUT2D eigenvalue weighted by Gasteiger charge is 2.42. The number of aryl methyl sites for hydroxylation is 1. The molecule has 0 amide bonds. The van der Waals surface area contributed by atoms with Crippen LogP contribution in [0.15, 0.2) is 18.2 Å². The maximum absolute atomic E-state index is 10.7. The maximum Gasteiger partial charge on any atom is 0.271 e. The number of aliphatic hydroxyl groups excluding tert-OH is 3. The Labute approximate surface area is 114 Å². The van der Waals surface area contributed by atoms with Crippen LogP contribution in [-0.4, -0.2) is 51.4 Å². The van der Waals surface area contributed by atoms with Crippen LogP contribution < -0.4 is 5.32 Å². The molecule has 0 unspecified atom stereocenters. The molecule has 1 aromatic rings. The van der Waals surface area contributed by atoms with Gasteiger partial charge in [0.2, 0.25) is 0 Å². The van der Waals surface area contributed by atoms with Crippen molar-refractivity contribution in [1.29, 1.82) is 0 Å². The third-order valence-electron chi connectivity index (χ3n) is 3.27. The molecule has 4 N–H and O–H groups in total. The van der Waals surface area contributed by atoms with E-state index in [0.29, 0.717) is 5.69 Å². The summed E-state index contributed by atoms with van der Waals surface area (Å²) < 4.78 is 5.26. The van der Waals surface area contributed by atoms with Gasteiger partial charge in [0.1, 0.15) is 18.3 Å². The maximum atomic E-state index is 10.7. The van der Waals surface area contributed by atoms with E-state index in [4.69, 9.17) is 9.84 Å². The highest BCUT2D eigenvalue weighted by Crippen LogP contribution is 2.27. The Hall–Kier alpha value is -1.74. The van der Waals surface area contributed by atoms with Crippen LogP contribution in [0.3, 0.4) is 0 Å². The zero-order valence-electron chi connectivity index (χ0n) is 10.8. The zero-order chi connectivity index (χ0) is 14.9. The van der Waals surface area contributed by atoms with Crippen molar-refractivity contribution in [2.24, 2.45) is 0 Å². The van der Waals surface area contributed by atoms with Crippen molar-refractivity contribution >= 4 is 11.4 Å². The summed E-state index contributed by atoms with van der Waals surface area (Å²) in [4.78, 5) is 10.2. The molecule has 1 saturated heterocycles. The first-order chi connectivity index (χ1) is 9.43. The topological polar surface area (TPSA) is 125 Å². The Balaban J connectivity index is 2.18. The fraction of sp³-hybridized carbons (Fsp3) is 0.500. The van der Waals surface area contributed by atoms with Gasteiger partial charge in [0.25, 0.3) is 5.69 Å². The van der Waals surface area contributed by atoms with E-state index in [-0.39, 0.29) is 5.69 Å². The van der Waals surface area contributed by atoms with E-state index in [9.17, 15) is 20.3 Å². The molecule has 110 valence electrons. The number of nitro groups is 1. The lowest BCUT2D eigenvalue weighted by atomic mass is 10.1. The molecule has 1 heterocycles. The number of hydrogen-bond acceptors (Lipinski definition) is 7. The normalized spacial score (nSPS) is 29.4. The quantitative estimate of drug-likeness (QED) is 0.444. The second kappa shape index (κ2) is 5.71. The lowest BCUT2D eigenvalue weighted by Gasteiger charge is -2.19. The summed E-state index contributed by atoms with van der Waals surface area (Å²) in [6.45, 7) is 1.32. The van der Waals surface area contributed by atoms with E-state index in [1.807, 2.05) is 0 Å². The summed E-state index contributed by atoms with van der Waals surface area (Å²) in [5.41, 5.74) is 1.06. The van der Waals surface area contributed by atoms with Crippen molar-refractivity contribution < 1.29 is 25.0 Å². The average Bonchev–Trinajstić information content (AvgIpc) is 2.68. The molecule has 1 aliphatic heterocycles. The van der Waals surface area contributed by atoms with E-state index < -0.39 is 36.1 Å². The molecule has 20 heavy (non-hydrogen) atoms. The number of nitrogens with zero attached hydrogens (tertiary/aromatic N) is 1. The molecule has 4 atom stereocenters. The van der Waals surface area contributed by atoms with E-state index in [1.165, 1.54) is 12.1 Å². The summed E-state index contributed by atoms with van der Waals surface area (Å²) in [6.07, 6.45) is -4.27. The number of hydrogen-bond donors (Lipinski definition) is 4. The molecule has 8 nitrogen and oxygen atoms in total. The first kappa shape index (κ1) is 14.7. The van der Waals surface area contributed by atoms with Crippen molar-refractivity contribution in [3.8, 4) is 0 Å². The zero-order valence-corrected chi connectivity index (χ0v) is 10.8. The summed E-state index contributed by atoms with van der Waals surface area (Å²) in [7, 11) is 0. The van der Waals surface area contributed by atoms with Gasteiger partial charge in [-0.2, -0.15) is 0 Å². The lowest BCUT2D eigenvalue weighted by molar-refractivity contribution is -0.384. The minimum absolute atomic E-state index is 0.0927. The van der Waals surface area contributed by atoms with Gasteiger partial charge in [0, 0.05) is 17.8 Å². The average molecular weight is 284 g/mol. The molecule has 0 spiro atoms. The summed E-state index contributed by atoms with van der Waals surface area (Å²) >= 11 is 0. The van der Waals surface area contributed by atoms with Crippen molar-refractivity contribution in [2.75, 3.05) is 11.9 Å². The number of aliphatic hydroxyl groups is 3. The number of nitro benzene ring substituents is 1. The Morgan fingerprint density at radius 3 is 2.65 bits per heavy atom. The minimum Gasteiger partial charge on any atom is -0.394 e. The molecule has 1 fully saturated rings. The highest BCUT2D eigenvalue weighted by molar-refractivity contribution is 5.57. The Morgan fingerprint density at radius 2 is 2.10 bits per heavy atom. The van der Waals surface area contributed by atoms with Crippen LogP contribution in [-0.2, 0) is 4.74 Å². The van der Waals surface area contributed by atoms with Crippen LogP contribution in [0, 0.1) is 17.0 Å². The number of anilines is 1. The predicted molar refractivity (Wildman–Crippen MR) is 69.2 cm³/mol. The van der Waals surface area contributed by atoms with Gasteiger partial charge in [0.05, 0.1) is 11.5 Å². The SMILES string of the molecule is Cc1ccc([N+](=O)[O-])cc1N[C@H]1O[C@@H](CO)[C@@H](O)[C@@H]1O. The molecule has 8 heteroatoms. The Bertz CT molecular complexity index is 509.